The predicted octanol–water partition coefficient (Wildman–Crippen LogP) is 14.5. The zero-order chi connectivity index (χ0) is 38.6. The van der Waals surface area contributed by atoms with Crippen molar-refractivity contribution in [2.24, 2.45) is 0 Å². The van der Waals surface area contributed by atoms with Crippen LogP contribution >= 0.6 is 11.3 Å². The van der Waals surface area contributed by atoms with E-state index < -0.39 is 0 Å². The van der Waals surface area contributed by atoms with Gasteiger partial charge in [-0.15, -0.1) is 11.3 Å². The molecule has 0 radical (unpaired) electrons. The number of aromatic nitrogens is 4. The van der Waals surface area contributed by atoms with Gasteiger partial charge in [-0.25, -0.2) is 15.0 Å². The first kappa shape index (κ1) is 32.4. The molecule has 5 nitrogen and oxygen atoms in total. The zero-order valence-corrected chi connectivity index (χ0v) is 32.2. The lowest BCUT2D eigenvalue weighted by atomic mass is 9.98. The second kappa shape index (κ2) is 12.4. The zero-order valence-electron chi connectivity index (χ0n) is 31.4. The standard InChI is InChI=1S/C53H30N4OS/c1-2-15-32(16-3-1)51-54-52(39-23-13-27-46-49(39)37-21-9-11-26-45(37)59-46)56-53(55-51)40-30-44-48(35-19-7-6-18-34(35)40)38-22-12-25-43(50(38)58-44)57-41-24-10-8-20-36(41)47-33-17-5-4-14-31(33)28-29-42(47)57/h1-30H. The second-order valence-corrected chi connectivity index (χ2v) is 16.2. The van der Waals surface area contributed by atoms with Gasteiger partial charge in [0, 0.05) is 58.4 Å². The van der Waals surface area contributed by atoms with Crippen molar-refractivity contribution in [3.05, 3.63) is 182 Å². The summed E-state index contributed by atoms with van der Waals surface area (Å²) in [5.41, 5.74) is 7.69. The van der Waals surface area contributed by atoms with Crippen molar-refractivity contribution in [3.8, 4) is 39.9 Å². The summed E-state index contributed by atoms with van der Waals surface area (Å²) in [5.74, 6) is 1.86. The minimum atomic E-state index is 0.596. The summed E-state index contributed by atoms with van der Waals surface area (Å²) in [6, 6.07) is 64.2. The smallest absolute Gasteiger partial charge is 0.164 e. The fraction of sp³-hybridized carbons (Fsp3) is 0. The molecule has 13 rings (SSSR count). The molecule has 0 aliphatic rings. The van der Waals surface area contributed by atoms with E-state index in [0.717, 1.165) is 71.5 Å². The van der Waals surface area contributed by atoms with Crippen molar-refractivity contribution in [2.75, 3.05) is 0 Å². The van der Waals surface area contributed by atoms with Gasteiger partial charge in [-0.1, -0.05) is 146 Å². The fourth-order valence-electron chi connectivity index (χ4n) is 9.30. The molecule has 0 aliphatic heterocycles. The maximum atomic E-state index is 7.10. The molecule has 4 heterocycles. The van der Waals surface area contributed by atoms with Gasteiger partial charge in [0.25, 0.3) is 0 Å². The lowest BCUT2D eigenvalue weighted by molar-refractivity contribution is 0.666. The average Bonchev–Trinajstić information content (AvgIpc) is 3.99. The van der Waals surface area contributed by atoms with Gasteiger partial charge in [0.1, 0.15) is 5.58 Å². The van der Waals surface area contributed by atoms with Crippen LogP contribution < -0.4 is 0 Å². The van der Waals surface area contributed by atoms with Crippen LogP contribution in [0.2, 0.25) is 0 Å². The van der Waals surface area contributed by atoms with Gasteiger partial charge < -0.3 is 8.98 Å². The summed E-state index contributed by atoms with van der Waals surface area (Å²) in [6.07, 6.45) is 0. The van der Waals surface area contributed by atoms with Crippen LogP contribution in [0.4, 0.5) is 0 Å². The van der Waals surface area contributed by atoms with Crippen LogP contribution in [0.1, 0.15) is 0 Å². The van der Waals surface area contributed by atoms with E-state index in [4.69, 9.17) is 19.4 Å². The maximum Gasteiger partial charge on any atom is 0.164 e. The largest absolute Gasteiger partial charge is 0.454 e. The number of hydrogen-bond donors (Lipinski definition) is 0. The Morgan fingerprint density at radius 3 is 1.95 bits per heavy atom. The number of furan rings is 1. The normalized spacial score (nSPS) is 12.1. The van der Waals surface area contributed by atoms with E-state index in [-0.39, 0.29) is 0 Å². The molecule has 0 N–H and O–H groups in total. The molecule has 0 atom stereocenters. The molecule has 59 heavy (non-hydrogen) atoms. The van der Waals surface area contributed by atoms with Crippen LogP contribution in [0, 0.1) is 0 Å². The van der Waals surface area contributed by atoms with Crippen molar-refractivity contribution in [1.29, 1.82) is 0 Å². The number of fused-ring (bicyclic) bond motifs is 13. The van der Waals surface area contributed by atoms with Gasteiger partial charge in [-0.3, -0.25) is 0 Å². The van der Waals surface area contributed by atoms with E-state index >= 15 is 0 Å². The average molecular weight is 771 g/mol. The lowest BCUT2D eigenvalue weighted by Crippen LogP contribution is -2.01. The Hall–Kier alpha value is -7.67. The summed E-state index contributed by atoms with van der Waals surface area (Å²) in [6.45, 7) is 0. The van der Waals surface area contributed by atoms with Gasteiger partial charge in [0.2, 0.25) is 0 Å². The van der Waals surface area contributed by atoms with Gasteiger partial charge >= 0.3 is 0 Å². The van der Waals surface area contributed by atoms with E-state index in [1.54, 1.807) is 11.3 Å². The summed E-state index contributed by atoms with van der Waals surface area (Å²) in [5, 5.41) is 11.5. The third-order valence-electron chi connectivity index (χ3n) is 11.8. The van der Waals surface area contributed by atoms with E-state index in [2.05, 4.69) is 168 Å². The van der Waals surface area contributed by atoms with Gasteiger partial charge in [0.15, 0.2) is 23.1 Å². The first-order valence-corrected chi connectivity index (χ1v) is 20.6. The molecule has 13 aromatic rings. The van der Waals surface area contributed by atoms with Crippen molar-refractivity contribution in [2.45, 2.75) is 0 Å². The van der Waals surface area contributed by atoms with Gasteiger partial charge in [-0.2, -0.15) is 0 Å². The maximum absolute atomic E-state index is 7.10. The van der Waals surface area contributed by atoms with Crippen molar-refractivity contribution >= 4 is 96.8 Å². The Morgan fingerprint density at radius 1 is 0.407 bits per heavy atom. The number of nitrogens with zero attached hydrogens (tertiary/aromatic N) is 4. The minimum Gasteiger partial charge on any atom is -0.454 e. The number of thiophene rings is 1. The second-order valence-electron chi connectivity index (χ2n) is 15.1. The molecule has 0 bridgehead atoms. The van der Waals surface area contributed by atoms with Crippen LogP contribution in [-0.4, -0.2) is 19.5 Å². The first-order valence-electron chi connectivity index (χ1n) is 19.8. The van der Waals surface area contributed by atoms with Crippen LogP contribution in [0.25, 0.3) is 125 Å². The summed E-state index contributed by atoms with van der Waals surface area (Å²) in [7, 11) is 0. The monoisotopic (exact) mass is 770 g/mol. The van der Waals surface area contributed by atoms with Gasteiger partial charge in [0.05, 0.1) is 16.7 Å². The summed E-state index contributed by atoms with van der Waals surface area (Å²) >= 11 is 1.79. The van der Waals surface area contributed by atoms with E-state index in [1.807, 2.05) is 18.2 Å². The Kier molecular flexibility index (Phi) is 6.82. The molecule has 274 valence electrons. The quantitative estimate of drug-likeness (QED) is 0.179. The third-order valence-corrected chi connectivity index (χ3v) is 13.0. The van der Waals surface area contributed by atoms with Crippen LogP contribution in [0.5, 0.6) is 0 Å². The van der Waals surface area contributed by atoms with Crippen molar-refractivity contribution in [3.63, 3.8) is 0 Å². The van der Waals surface area contributed by atoms with Crippen molar-refractivity contribution < 1.29 is 4.42 Å². The van der Waals surface area contributed by atoms with Crippen molar-refractivity contribution in [1.82, 2.24) is 19.5 Å². The highest BCUT2D eigenvalue weighted by Gasteiger charge is 2.23. The SMILES string of the molecule is c1ccc(-c2nc(-c3cc4oc5c(-n6c7ccccc7c7c8ccccc8ccc76)cccc5c4c4ccccc34)nc(-c3cccc4sc5ccccc5c34)n2)cc1. The first-order chi connectivity index (χ1) is 29.3. The molecule has 4 aromatic heterocycles. The lowest BCUT2D eigenvalue weighted by Gasteiger charge is -2.11. The molecule has 6 heteroatoms. The number of hydrogen-bond acceptors (Lipinski definition) is 5. The molecular formula is C53H30N4OS. The molecule has 0 amide bonds. The molecular weight excluding hydrogens is 741 g/mol. The fourth-order valence-corrected chi connectivity index (χ4v) is 10.4. The Labute approximate surface area is 341 Å². The van der Waals surface area contributed by atoms with Crippen LogP contribution in [0.3, 0.4) is 0 Å². The molecule has 0 saturated carbocycles. The topological polar surface area (TPSA) is 56.7 Å². The molecule has 0 spiro atoms. The number of para-hydroxylation sites is 2. The molecule has 0 unspecified atom stereocenters. The van der Waals surface area contributed by atoms with E-state index in [0.29, 0.717) is 17.5 Å². The Balaban J connectivity index is 1.09. The highest BCUT2D eigenvalue weighted by atomic mass is 32.1. The molecule has 0 aliphatic carbocycles. The van der Waals surface area contributed by atoms with Crippen LogP contribution in [-0.2, 0) is 0 Å². The number of benzene rings is 9. The predicted molar refractivity (Wildman–Crippen MR) is 246 cm³/mol. The highest BCUT2D eigenvalue weighted by molar-refractivity contribution is 7.25. The van der Waals surface area contributed by atoms with E-state index in [9.17, 15) is 0 Å². The minimum absolute atomic E-state index is 0.596. The highest BCUT2D eigenvalue weighted by Crippen LogP contribution is 2.45. The number of rotatable bonds is 4. The molecule has 0 saturated heterocycles. The molecule has 9 aromatic carbocycles. The third kappa shape index (κ3) is 4.75. The Morgan fingerprint density at radius 2 is 1.07 bits per heavy atom. The Bertz CT molecular complexity index is 3860. The molecule has 0 fully saturated rings. The van der Waals surface area contributed by atoms with Gasteiger partial charge in [-0.05, 0) is 57.9 Å². The van der Waals surface area contributed by atoms with E-state index in [1.165, 1.54) is 36.3 Å². The summed E-state index contributed by atoms with van der Waals surface area (Å²) < 4.78 is 11.9. The van der Waals surface area contributed by atoms with Crippen LogP contribution in [0.15, 0.2) is 186 Å². The summed E-state index contributed by atoms with van der Waals surface area (Å²) in [4.78, 5) is 15.7.